The summed E-state index contributed by atoms with van der Waals surface area (Å²) in [6.45, 7) is 0. The second kappa shape index (κ2) is 15.3. The molecule has 0 amide bonds. The molecule has 3 aromatic carbocycles. The minimum absolute atomic E-state index is 0. The summed E-state index contributed by atoms with van der Waals surface area (Å²) in [4.78, 5) is -0.0407. The van der Waals surface area contributed by atoms with Crippen molar-refractivity contribution in [1.29, 1.82) is 0 Å². The fraction of sp³-hybridized carbons (Fsp3) is 0.0417. The zero-order chi connectivity index (χ0) is 26.9. The Morgan fingerprint density at radius 1 is 0.842 bits per heavy atom. The van der Waals surface area contributed by atoms with E-state index in [0.717, 1.165) is 5.56 Å². The zero-order valence-corrected chi connectivity index (χ0v) is 21.5. The minimum atomic E-state index is -3.96. The van der Waals surface area contributed by atoms with Crippen LogP contribution in [0.2, 0.25) is 0 Å². The number of benzene rings is 3. The summed E-state index contributed by atoms with van der Waals surface area (Å²) in [5.41, 5.74) is 12.0. The second-order valence-electron chi connectivity index (χ2n) is 6.89. The van der Waals surface area contributed by atoms with Gasteiger partial charge in [0, 0.05) is 11.1 Å². The maximum atomic E-state index is 13.4. The van der Waals surface area contributed by atoms with Crippen LogP contribution >= 0.6 is 24.4 Å². The monoisotopic (exact) mass is 581 g/mol. The van der Waals surface area contributed by atoms with E-state index in [1.54, 1.807) is 30.3 Å². The highest BCUT2D eigenvalue weighted by Gasteiger charge is 2.20. The highest BCUT2D eigenvalue weighted by molar-refractivity contribution is 7.89. The van der Waals surface area contributed by atoms with Crippen molar-refractivity contribution < 1.29 is 28.5 Å². The molecule has 0 aliphatic heterocycles. The van der Waals surface area contributed by atoms with Crippen molar-refractivity contribution in [2.24, 2.45) is 16.6 Å². The quantitative estimate of drug-likeness (QED) is 0.224. The van der Waals surface area contributed by atoms with Crippen molar-refractivity contribution in [2.75, 3.05) is 0 Å². The van der Waals surface area contributed by atoms with E-state index in [0.29, 0.717) is 22.6 Å². The van der Waals surface area contributed by atoms with Crippen LogP contribution < -0.4 is 16.6 Å². The average Bonchev–Trinajstić information content (AvgIpc) is 3.24. The van der Waals surface area contributed by atoms with Crippen molar-refractivity contribution in [3.05, 3.63) is 90.7 Å². The van der Waals surface area contributed by atoms with Crippen molar-refractivity contribution in [1.82, 2.24) is 9.78 Å². The van der Waals surface area contributed by atoms with Gasteiger partial charge >= 0.3 is 0 Å². The van der Waals surface area contributed by atoms with Gasteiger partial charge in [-0.3, -0.25) is 0 Å². The summed E-state index contributed by atoms with van der Waals surface area (Å²) in [5.74, 6) is -0.358. The molecule has 10 N–H and O–H groups in total. The molecule has 4 aromatic rings. The van der Waals surface area contributed by atoms with Crippen molar-refractivity contribution in [2.45, 2.75) is 12.3 Å². The molecule has 0 unspecified atom stereocenters. The van der Waals surface area contributed by atoms with Gasteiger partial charge in [-0.25, -0.2) is 22.6 Å². The third-order valence-corrected chi connectivity index (χ3v) is 5.28. The average molecular weight is 582 g/mol. The molecule has 4 rings (SSSR count). The van der Waals surface area contributed by atoms with E-state index in [4.69, 9.17) is 15.4 Å². The van der Waals surface area contributed by atoms with E-state index in [9.17, 15) is 12.8 Å². The lowest BCUT2D eigenvalue weighted by molar-refractivity contribution is 0.559. The Labute approximate surface area is 230 Å². The number of sulfonamides is 1. The first-order valence-electron chi connectivity index (χ1n) is 9.90. The SMILES string of the molecule is C.NC(O)=S.NC(O)=S.NS(=O)(=O)c1ccccc1-n1nc(-c2ccccc2)cc1-c1ccc(F)cc1.O. The second-order valence-corrected chi connectivity index (χ2v) is 9.26. The first kappa shape index (κ1) is 34.1. The van der Waals surface area contributed by atoms with E-state index >= 15 is 0 Å². The number of aliphatic hydroxyl groups is 2. The van der Waals surface area contributed by atoms with Gasteiger partial charge in [0.05, 0.1) is 17.1 Å². The van der Waals surface area contributed by atoms with Crippen molar-refractivity contribution >= 4 is 44.8 Å². The predicted molar refractivity (Wildman–Crippen MR) is 155 cm³/mol. The molecule has 0 spiro atoms. The van der Waals surface area contributed by atoms with E-state index in [1.165, 1.54) is 22.9 Å². The Kier molecular flexibility index (Phi) is 13.7. The van der Waals surface area contributed by atoms with Crippen LogP contribution in [0.4, 0.5) is 4.39 Å². The molecule has 0 saturated carbocycles. The lowest BCUT2D eigenvalue weighted by Crippen LogP contribution is -2.16. The molecule has 0 bridgehead atoms. The number of hydrogen-bond acceptors (Lipinski definition) is 5. The number of rotatable bonds is 4. The smallest absolute Gasteiger partial charge is 0.251 e. The number of nitrogens with two attached hydrogens (primary N) is 3. The molecule has 10 nitrogen and oxygen atoms in total. The van der Waals surface area contributed by atoms with Gasteiger partial charge in [0.2, 0.25) is 10.0 Å². The Morgan fingerprint density at radius 3 is 1.82 bits per heavy atom. The number of aliphatic hydroxyl groups excluding tert-OH is 2. The molecule has 0 aliphatic rings. The van der Waals surface area contributed by atoms with Crippen LogP contribution in [0.1, 0.15) is 7.43 Å². The first-order valence-corrected chi connectivity index (χ1v) is 12.3. The molecule has 204 valence electrons. The number of primary sulfonamides is 1. The molecule has 1 heterocycles. The molecule has 14 heteroatoms. The van der Waals surface area contributed by atoms with Crippen LogP contribution in [0.15, 0.2) is 89.8 Å². The molecule has 0 radical (unpaired) electrons. The first-order chi connectivity index (χ1) is 16.9. The molecular weight excluding hydrogens is 553 g/mol. The van der Waals surface area contributed by atoms with Gasteiger partial charge < -0.3 is 27.2 Å². The lowest BCUT2D eigenvalue weighted by atomic mass is 10.1. The zero-order valence-electron chi connectivity index (χ0n) is 19.0. The molecule has 0 fully saturated rings. The summed E-state index contributed by atoms with van der Waals surface area (Å²) in [5, 5.41) is 24.2. The van der Waals surface area contributed by atoms with Crippen LogP contribution in [0.25, 0.3) is 28.2 Å². The summed E-state index contributed by atoms with van der Waals surface area (Å²) >= 11 is 7.74. The Hall–Kier alpha value is -3.95. The molecule has 0 saturated heterocycles. The predicted octanol–water partition coefficient (Wildman–Crippen LogP) is 3.38. The van der Waals surface area contributed by atoms with Crippen LogP contribution in [-0.4, -0.2) is 44.2 Å². The molecular formula is C24H28FN5O5S3. The summed E-state index contributed by atoms with van der Waals surface area (Å²) < 4.78 is 39.1. The largest absolute Gasteiger partial charge is 0.487 e. The van der Waals surface area contributed by atoms with E-state index in [2.05, 4.69) is 41.0 Å². The number of thiocarbonyl (C=S) groups is 2. The van der Waals surface area contributed by atoms with Crippen LogP contribution in [0, 0.1) is 5.82 Å². The molecule has 38 heavy (non-hydrogen) atoms. The summed E-state index contributed by atoms with van der Waals surface area (Å²) in [7, 11) is -3.96. The van der Waals surface area contributed by atoms with Crippen LogP contribution in [0.5, 0.6) is 0 Å². The van der Waals surface area contributed by atoms with E-state index < -0.39 is 20.4 Å². The van der Waals surface area contributed by atoms with Crippen molar-refractivity contribution in [3.8, 4) is 28.2 Å². The fourth-order valence-corrected chi connectivity index (χ4v) is 3.73. The topological polar surface area (TPSA) is 202 Å². The summed E-state index contributed by atoms with van der Waals surface area (Å²) in [6, 6.07) is 23.7. The van der Waals surface area contributed by atoms with Gasteiger partial charge in [-0.05, 0) is 66.9 Å². The number of aromatic nitrogens is 2. The Morgan fingerprint density at radius 2 is 1.32 bits per heavy atom. The molecule has 1 aromatic heterocycles. The Bertz CT molecular complexity index is 1430. The minimum Gasteiger partial charge on any atom is -0.487 e. The van der Waals surface area contributed by atoms with Gasteiger partial charge in [-0.1, -0.05) is 49.9 Å². The highest BCUT2D eigenvalue weighted by atomic mass is 32.2. The number of hydrogen-bond donors (Lipinski definition) is 5. The third-order valence-electron chi connectivity index (χ3n) is 4.32. The van der Waals surface area contributed by atoms with Crippen molar-refractivity contribution in [3.63, 3.8) is 0 Å². The molecule has 0 atom stereocenters. The maximum absolute atomic E-state index is 13.4. The number of para-hydroxylation sites is 1. The lowest BCUT2D eigenvalue weighted by Gasteiger charge is -2.11. The highest BCUT2D eigenvalue weighted by Crippen LogP contribution is 2.30. The normalized spacial score (nSPS) is 9.74. The van der Waals surface area contributed by atoms with E-state index in [1.807, 2.05) is 36.4 Å². The van der Waals surface area contributed by atoms with Gasteiger partial charge in [0.25, 0.3) is 10.3 Å². The van der Waals surface area contributed by atoms with Crippen LogP contribution in [-0.2, 0) is 10.0 Å². The Balaban J connectivity index is 0.00000121. The summed E-state index contributed by atoms with van der Waals surface area (Å²) in [6.07, 6.45) is 0. The maximum Gasteiger partial charge on any atom is 0.251 e. The fourth-order valence-electron chi connectivity index (χ4n) is 3.01. The standard InChI is InChI=1S/C21H16FN3O2S.2CH3NOS.CH4.H2O/c22-17-12-10-16(11-13-17)20-14-18(15-6-2-1-3-7-15)24-25(20)19-8-4-5-9-21(19)28(23,26)27;2*2-1(3)4;;/h1-14H,(H2,23,26,27);2*(H3,2,3,4);1H4;1H2. The number of halogens is 1. The molecule has 0 aliphatic carbocycles. The van der Waals surface area contributed by atoms with Gasteiger partial charge in [0.15, 0.2) is 0 Å². The van der Waals surface area contributed by atoms with Gasteiger partial charge in [-0.2, -0.15) is 5.10 Å². The van der Waals surface area contributed by atoms with Gasteiger partial charge in [-0.15, -0.1) is 0 Å². The van der Waals surface area contributed by atoms with Gasteiger partial charge in [0.1, 0.15) is 10.7 Å². The van der Waals surface area contributed by atoms with E-state index in [-0.39, 0.29) is 23.6 Å². The third kappa shape index (κ3) is 10.2. The van der Waals surface area contributed by atoms with Crippen LogP contribution in [0.3, 0.4) is 0 Å². The number of nitrogens with zero attached hydrogens (tertiary/aromatic N) is 2.